The molecule has 2 aromatic rings. The van der Waals surface area contributed by atoms with Crippen molar-refractivity contribution in [2.24, 2.45) is 4.40 Å². The number of nitro groups is 1. The lowest BCUT2D eigenvalue weighted by atomic mass is 9.91. The van der Waals surface area contributed by atoms with Gasteiger partial charge in [-0.15, -0.1) is 0 Å². The number of hydrogen-bond donors (Lipinski definition) is 0. The van der Waals surface area contributed by atoms with E-state index in [0.717, 1.165) is 0 Å². The predicted octanol–water partition coefficient (Wildman–Crippen LogP) is 3.85. The van der Waals surface area contributed by atoms with Gasteiger partial charge in [-0.05, 0) is 37.6 Å². The summed E-state index contributed by atoms with van der Waals surface area (Å²) in [5.74, 6) is 0.374. The van der Waals surface area contributed by atoms with E-state index in [0.29, 0.717) is 29.0 Å². The monoisotopic (exact) mass is 372 g/mol. The van der Waals surface area contributed by atoms with Crippen LogP contribution in [0.1, 0.15) is 37.8 Å². The van der Waals surface area contributed by atoms with Crippen LogP contribution in [0.25, 0.3) is 0 Å². The first-order valence-electron chi connectivity index (χ1n) is 8.44. The predicted molar refractivity (Wildman–Crippen MR) is 101 cm³/mol. The SMILES string of the molecule is CC[C@@H](C)S(=O)N=C1CC(c2ccccc2)([N+](=O)[O-])Oc2ccccc21. The molecule has 0 saturated carbocycles. The summed E-state index contributed by atoms with van der Waals surface area (Å²) in [6, 6.07) is 15.6. The lowest BCUT2D eigenvalue weighted by Gasteiger charge is -2.32. The minimum atomic E-state index is -1.78. The van der Waals surface area contributed by atoms with E-state index in [1.54, 1.807) is 48.5 Å². The topological polar surface area (TPSA) is 81.8 Å². The summed E-state index contributed by atoms with van der Waals surface area (Å²) in [5.41, 5.74) is -0.265. The van der Waals surface area contributed by atoms with Crippen molar-refractivity contribution in [3.05, 3.63) is 75.8 Å². The Morgan fingerprint density at radius 1 is 1.23 bits per heavy atom. The fraction of sp³-hybridized carbons (Fsp3) is 0.316. The molecule has 0 spiro atoms. The largest absolute Gasteiger partial charge is 0.423 e. The Bertz CT molecular complexity index is 869. The Kier molecular flexibility index (Phi) is 5.18. The standard InChI is InChI=1S/C19H20N2O4S/c1-3-14(2)26(24)20-17-13-19(21(22)23,15-9-5-4-6-10-15)25-18-12-8-7-11-16(17)18/h4-12,14H,3,13H2,1-2H3/t14-,19?,26?/m1/s1. The van der Waals surface area contributed by atoms with Crippen molar-refractivity contribution < 1.29 is 13.9 Å². The molecule has 2 aromatic carbocycles. The average molecular weight is 372 g/mol. The zero-order valence-electron chi connectivity index (χ0n) is 14.6. The smallest absolute Gasteiger partial charge is 0.395 e. The third-order valence-electron chi connectivity index (χ3n) is 4.52. The Labute approximate surface area is 154 Å². The quantitative estimate of drug-likeness (QED) is 0.590. The second kappa shape index (κ2) is 7.37. The summed E-state index contributed by atoms with van der Waals surface area (Å²) in [4.78, 5) is 11.6. The Morgan fingerprint density at radius 3 is 2.54 bits per heavy atom. The van der Waals surface area contributed by atoms with E-state index in [2.05, 4.69) is 4.40 Å². The normalized spacial score (nSPS) is 22.9. The van der Waals surface area contributed by atoms with Crippen LogP contribution in [0, 0.1) is 10.1 Å². The zero-order chi connectivity index (χ0) is 18.7. The second-order valence-electron chi connectivity index (χ2n) is 6.22. The maximum Gasteiger partial charge on any atom is 0.395 e. The molecule has 136 valence electrons. The van der Waals surface area contributed by atoms with Gasteiger partial charge in [0, 0.05) is 5.56 Å². The van der Waals surface area contributed by atoms with Crippen LogP contribution in [0.3, 0.4) is 0 Å². The van der Waals surface area contributed by atoms with Gasteiger partial charge >= 0.3 is 5.72 Å². The summed E-state index contributed by atoms with van der Waals surface area (Å²) in [6.45, 7) is 3.79. The number of benzene rings is 2. The third kappa shape index (κ3) is 3.26. The van der Waals surface area contributed by atoms with E-state index in [-0.39, 0.29) is 11.7 Å². The third-order valence-corrected chi connectivity index (χ3v) is 5.94. The Morgan fingerprint density at radius 2 is 1.88 bits per heavy atom. The Hall–Kier alpha value is -2.54. The van der Waals surface area contributed by atoms with Gasteiger partial charge < -0.3 is 4.74 Å². The second-order valence-corrected chi connectivity index (χ2v) is 7.76. The molecule has 7 heteroatoms. The fourth-order valence-corrected chi connectivity index (χ4v) is 3.67. The van der Waals surface area contributed by atoms with Crippen LogP contribution in [0.4, 0.5) is 0 Å². The number of rotatable bonds is 5. The van der Waals surface area contributed by atoms with Gasteiger partial charge in [-0.2, -0.15) is 4.40 Å². The molecule has 3 rings (SSSR count). The lowest BCUT2D eigenvalue weighted by Crippen LogP contribution is -2.46. The van der Waals surface area contributed by atoms with Crippen LogP contribution in [0.15, 0.2) is 59.0 Å². The molecule has 6 nitrogen and oxygen atoms in total. The fourth-order valence-electron chi connectivity index (χ4n) is 2.82. The van der Waals surface area contributed by atoms with E-state index in [9.17, 15) is 14.3 Å². The van der Waals surface area contributed by atoms with Crippen LogP contribution >= 0.6 is 0 Å². The highest BCUT2D eigenvalue weighted by atomic mass is 32.2. The van der Waals surface area contributed by atoms with E-state index in [1.807, 2.05) is 19.9 Å². The summed E-state index contributed by atoms with van der Waals surface area (Å²) < 4.78 is 22.7. The summed E-state index contributed by atoms with van der Waals surface area (Å²) in [5, 5.41) is 11.9. The number of ether oxygens (including phenoxy) is 1. The van der Waals surface area contributed by atoms with E-state index in [1.165, 1.54) is 0 Å². The number of para-hydroxylation sites is 1. The lowest BCUT2D eigenvalue weighted by molar-refractivity contribution is -0.626. The van der Waals surface area contributed by atoms with Gasteiger partial charge in [-0.3, -0.25) is 10.1 Å². The first-order chi connectivity index (χ1) is 12.5. The van der Waals surface area contributed by atoms with Crippen molar-refractivity contribution in [1.29, 1.82) is 0 Å². The van der Waals surface area contributed by atoms with Gasteiger partial charge in [0.05, 0.1) is 21.4 Å². The van der Waals surface area contributed by atoms with Crippen molar-refractivity contribution in [3.8, 4) is 5.75 Å². The Balaban J connectivity index is 2.16. The van der Waals surface area contributed by atoms with E-state index < -0.39 is 21.6 Å². The molecule has 3 atom stereocenters. The number of fused-ring (bicyclic) bond motifs is 1. The molecular weight excluding hydrogens is 352 g/mol. The molecule has 1 heterocycles. The molecule has 0 fully saturated rings. The van der Waals surface area contributed by atoms with Gasteiger partial charge in [-0.1, -0.05) is 37.3 Å². The highest BCUT2D eigenvalue weighted by Crippen LogP contribution is 2.40. The molecule has 0 amide bonds. The summed E-state index contributed by atoms with van der Waals surface area (Å²) in [6.07, 6.45) is 0.629. The zero-order valence-corrected chi connectivity index (χ0v) is 15.4. The molecule has 0 saturated heterocycles. The molecule has 2 unspecified atom stereocenters. The van der Waals surface area contributed by atoms with Crippen LogP contribution < -0.4 is 4.74 Å². The molecule has 26 heavy (non-hydrogen) atoms. The summed E-state index contributed by atoms with van der Waals surface area (Å²) in [7, 11) is -1.46. The molecule has 0 aliphatic carbocycles. The van der Waals surface area contributed by atoms with Gasteiger partial charge in [0.15, 0.2) is 0 Å². The van der Waals surface area contributed by atoms with Gasteiger partial charge in [0.25, 0.3) is 0 Å². The number of nitrogens with zero attached hydrogens (tertiary/aromatic N) is 2. The average Bonchev–Trinajstić information content (AvgIpc) is 2.67. The maximum absolute atomic E-state index is 12.5. The minimum Gasteiger partial charge on any atom is -0.423 e. The first kappa shape index (κ1) is 18.3. The number of hydrogen-bond acceptors (Lipinski definition) is 4. The highest BCUT2D eigenvalue weighted by molar-refractivity contribution is 7.84. The van der Waals surface area contributed by atoms with Gasteiger partial charge in [-0.25, -0.2) is 4.21 Å². The first-order valence-corrected chi connectivity index (χ1v) is 9.61. The van der Waals surface area contributed by atoms with Crippen LogP contribution in [0.5, 0.6) is 5.75 Å². The molecular formula is C19H20N2O4S. The van der Waals surface area contributed by atoms with Crippen LogP contribution in [0.2, 0.25) is 0 Å². The molecule has 0 aromatic heterocycles. The van der Waals surface area contributed by atoms with Crippen LogP contribution in [-0.4, -0.2) is 20.1 Å². The van der Waals surface area contributed by atoms with Crippen molar-refractivity contribution in [3.63, 3.8) is 0 Å². The molecule has 0 bridgehead atoms. The van der Waals surface area contributed by atoms with E-state index >= 15 is 0 Å². The van der Waals surface area contributed by atoms with Gasteiger partial charge in [0.1, 0.15) is 23.2 Å². The maximum atomic E-state index is 12.5. The molecule has 0 radical (unpaired) electrons. The van der Waals surface area contributed by atoms with Gasteiger partial charge in [0.2, 0.25) is 0 Å². The molecule has 1 aliphatic heterocycles. The highest BCUT2D eigenvalue weighted by Gasteiger charge is 2.52. The van der Waals surface area contributed by atoms with Crippen LogP contribution in [-0.2, 0) is 16.7 Å². The van der Waals surface area contributed by atoms with E-state index in [4.69, 9.17) is 4.74 Å². The molecule has 1 aliphatic rings. The summed E-state index contributed by atoms with van der Waals surface area (Å²) >= 11 is 0. The molecule has 0 N–H and O–H groups in total. The van der Waals surface area contributed by atoms with Crippen molar-refractivity contribution in [2.45, 2.75) is 37.7 Å². The van der Waals surface area contributed by atoms with Crippen molar-refractivity contribution >= 4 is 16.7 Å². The van der Waals surface area contributed by atoms with Crippen molar-refractivity contribution in [2.75, 3.05) is 0 Å². The van der Waals surface area contributed by atoms with Crippen molar-refractivity contribution in [1.82, 2.24) is 0 Å². The minimum absolute atomic E-state index is 0.0802.